The molecule has 0 unspecified atom stereocenters. The Bertz CT molecular complexity index is 1080. The second-order valence-corrected chi connectivity index (χ2v) is 6.60. The second-order valence-electron chi connectivity index (χ2n) is 6.60. The van der Waals surface area contributed by atoms with Gasteiger partial charge in [0.15, 0.2) is 0 Å². The molecule has 0 bridgehead atoms. The second kappa shape index (κ2) is 7.94. The van der Waals surface area contributed by atoms with Gasteiger partial charge in [-0.05, 0) is 29.3 Å². The average Bonchev–Trinajstić information content (AvgIpc) is 2.77. The number of para-hydroxylation sites is 1. The molecular weight excluding hydrogens is 364 g/mol. The van der Waals surface area contributed by atoms with Crippen LogP contribution in [0.25, 0.3) is 6.08 Å². The first kappa shape index (κ1) is 18.4. The van der Waals surface area contributed by atoms with E-state index in [1.807, 2.05) is 48.5 Å². The molecule has 0 aliphatic carbocycles. The fraction of sp³-hybridized carbons (Fsp3) is 0.0417. The van der Waals surface area contributed by atoms with Crippen LogP contribution in [0.3, 0.4) is 0 Å². The number of nitrogens with zero attached hydrogens (tertiary/aromatic N) is 2. The Balaban J connectivity index is 1.79. The molecule has 5 heteroatoms. The van der Waals surface area contributed by atoms with Crippen molar-refractivity contribution in [1.82, 2.24) is 4.90 Å². The van der Waals surface area contributed by atoms with Crippen molar-refractivity contribution in [3.8, 4) is 0 Å². The molecule has 1 heterocycles. The standard InChI is InChI=1S/C24H18N2O3/c27-22-21(16-18-10-4-1-5-11-18)23(28)26(20-14-8-3-9-15-20)24(29)25(22)17-19-12-6-2-7-13-19/h1-16H,17H2/b21-16+. The lowest BCUT2D eigenvalue weighted by Gasteiger charge is -2.34. The van der Waals surface area contributed by atoms with E-state index in [4.69, 9.17) is 0 Å². The van der Waals surface area contributed by atoms with Crippen LogP contribution < -0.4 is 4.90 Å². The maximum atomic E-state index is 13.1. The Morgan fingerprint density at radius 1 is 0.655 bits per heavy atom. The smallest absolute Gasteiger partial charge is 0.268 e. The molecule has 1 aliphatic rings. The molecule has 0 atom stereocenters. The van der Waals surface area contributed by atoms with Crippen molar-refractivity contribution < 1.29 is 14.4 Å². The van der Waals surface area contributed by atoms with E-state index >= 15 is 0 Å². The monoisotopic (exact) mass is 382 g/mol. The SMILES string of the molecule is O=C1/C(=C\c2ccccc2)C(=O)N(c2ccccc2)C(=O)N1Cc1ccccc1. The highest BCUT2D eigenvalue weighted by Gasteiger charge is 2.42. The zero-order valence-electron chi connectivity index (χ0n) is 15.6. The average molecular weight is 382 g/mol. The van der Waals surface area contributed by atoms with Crippen molar-refractivity contribution in [3.05, 3.63) is 108 Å². The molecule has 0 radical (unpaired) electrons. The van der Waals surface area contributed by atoms with Crippen LogP contribution in [-0.2, 0) is 16.1 Å². The van der Waals surface area contributed by atoms with Gasteiger partial charge in [0.2, 0.25) is 0 Å². The molecule has 4 amide bonds. The summed E-state index contributed by atoms with van der Waals surface area (Å²) in [6.45, 7) is 0.0846. The summed E-state index contributed by atoms with van der Waals surface area (Å²) in [4.78, 5) is 41.6. The number of carbonyl (C=O) groups is 3. The Kier molecular flexibility index (Phi) is 5.03. The minimum atomic E-state index is -0.653. The zero-order chi connectivity index (χ0) is 20.2. The van der Waals surface area contributed by atoms with E-state index in [9.17, 15) is 14.4 Å². The number of rotatable bonds is 4. The van der Waals surface area contributed by atoms with E-state index in [0.717, 1.165) is 15.4 Å². The summed E-state index contributed by atoms with van der Waals surface area (Å²) >= 11 is 0. The van der Waals surface area contributed by atoms with E-state index < -0.39 is 17.8 Å². The number of amides is 4. The molecule has 0 spiro atoms. The summed E-state index contributed by atoms with van der Waals surface area (Å²) in [6, 6.07) is 26.3. The molecule has 4 rings (SSSR count). The van der Waals surface area contributed by atoms with Gasteiger partial charge in [-0.3, -0.25) is 14.5 Å². The van der Waals surface area contributed by atoms with Gasteiger partial charge < -0.3 is 0 Å². The third-order valence-corrected chi connectivity index (χ3v) is 4.64. The number of imide groups is 2. The van der Waals surface area contributed by atoms with Crippen LogP contribution in [0.4, 0.5) is 10.5 Å². The highest BCUT2D eigenvalue weighted by molar-refractivity contribution is 6.39. The van der Waals surface area contributed by atoms with E-state index in [1.54, 1.807) is 42.5 Å². The van der Waals surface area contributed by atoms with Crippen molar-refractivity contribution in [3.63, 3.8) is 0 Å². The third kappa shape index (κ3) is 3.71. The van der Waals surface area contributed by atoms with Crippen LogP contribution in [0.15, 0.2) is 96.6 Å². The normalized spacial score (nSPS) is 15.9. The van der Waals surface area contributed by atoms with E-state index in [0.29, 0.717) is 11.3 Å². The van der Waals surface area contributed by atoms with E-state index in [1.165, 1.54) is 6.08 Å². The van der Waals surface area contributed by atoms with Crippen LogP contribution in [0.2, 0.25) is 0 Å². The van der Waals surface area contributed by atoms with Gasteiger partial charge in [0.1, 0.15) is 5.57 Å². The van der Waals surface area contributed by atoms with E-state index in [2.05, 4.69) is 0 Å². The van der Waals surface area contributed by atoms with Gasteiger partial charge in [0, 0.05) is 0 Å². The molecule has 1 saturated heterocycles. The van der Waals surface area contributed by atoms with Gasteiger partial charge in [0.25, 0.3) is 11.8 Å². The summed E-state index contributed by atoms with van der Waals surface area (Å²) in [5.74, 6) is -1.22. The van der Waals surface area contributed by atoms with Crippen molar-refractivity contribution in [2.24, 2.45) is 0 Å². The van der Waals surface area contributed by atoms with Crippen molar-refractivity contribution in [2.75, 3.05) is 4.90 Å². The van der Waals surface area contributed by atoms with Crippen LogP contribution >= 0.6 is 0 Å². The molecule has 29 heavy (non-hydrogen) atoms. The van der Waals surface area contributed by atoms with E-state index in [-0.39, 0.29) is 12.1 Å². The number of hydrogen-bond donors (Lipinski definition) is 0. The lowest BCUT2D eigenvalue weighted by atomic mass is 10.0. The quantitative estimate of drug-likeness (QED) is 0.500. The number of carbonyl (C=O) groups excluding carboxylic acids is 3. The molecular formula is C24H18N2O3. The molecule has 142 valence electrons. The molecule has 0 aromatic heterocycles. The summed E-state index contributed by atoms with van der Waals surface area (Å²) in [6.07, 6.45) is 1.53. The summed E-state index contributed by atoms with van der Waals surface area (Å²) in [7, 11) is 0. The first-order valence-electron chi connectivity index (χ1n) is 9.21. The Hall–Kier alpha value is -3.99. The van der Waals surface area contributed by atoms with Gasteiger partial charge in [-0.15, -0.1) is 0 Å². The fourth-order valence-corrected chi connectivity index (χ4v) is 3.20. The van der Waals surface area contributed by atoms with Crippen LogP contribution in [0.5, 0.6) is 0 Å². The Morgan fingerprint density at radius 2 is 1.21 bits per heavy atom. The van der Waals surface area contributed by atoms with Crippen LogP contribution in [-0.4, -0.2) is 22.7 Å². The largest absolute Gasteiger partial charge is 0.338 e. The van der Waals surface area contributed by atoms with Gasteiger partial charge in [0.05, 0.1) is 12.2 Å². The van der Waals surface area contributed by atoms with Crippen LogP contribution in [0, 0.1) is 0 Å². The van der Waals surface area contributed by atoms with Crippen molar-refractivity contribution in [1.29, 1.82) is 0 Å². The molecule has 5 nitrogen and oxygen atoms in total. The minimum Gasteiger partial charge on any atom is -0.268 e. The van der Waals surface area contributed by atoms with Crippen LogP contribution in [0.1, 0.15) is 11.1 Å². The van der Waals surface area contributed by atoms with Gasteiger partial charge >= 0.3 is 6.03 Å². The molecule has 3 aromatic rings. The molecule has 0 N–H and O–H groups in total. The van der Waals surface area contributed by atoms with Crippen molar-refractivity contribution in [2.45, 2.75) is 6.54 Å². The fourth-order valence-electron chi connectivity index (χ4n) is 3.20. The molecule has 1 fully saturated rings. The summed E-state index contributed by atoms with van der Waals surface area (Å²) in [5, 5.41) is 0. The maximum Gasteiger partial charge on any atom is 0.338 e. The van der Waals surface area contributed by atoms with Gasteiger partial charge in [-0.1, -0.05) is 78.9 Å². The number of benzene rings is 3. The number of anilines is 1. The zero-order valence-corrected chi connectivity index (χ0v) is 15.6. The highest BCUT2D eigenvalue weighted by Crippen LogP contribution is 2.27. The minimum absolute atomic E-state index is 0.0458. The third-order valence-electron chi connectivity index (χ3n) is 4.64. The van der Waals surface area contributed by atoms with Gasteiger partial charge in [-0.25, -0.2) is 9.69 Å². The molecule has 3 aromatic carbocycles. The lowest BCUT2D eigenvalue weighted by molar-refractivity contribution is -0.129. The topological polar surface area (TPSA) is 57.7 Å². The summed E-state index contributed by atoms with van der Waals surface area (Å²) in [5.41, 5.74) is 1.89. The number of barbiturate groups is 1. The first-order chi connectivity index (χ1) is 14.1. The Labute approximate surface area is 168 Å². The van der Waals surface area contributed by atoms with Crippen molar-refractivity contribution >= 4 is 29.6 Å². The first-order valence-corrected chi connectivity index (χ1v) is 9.21. The predicted octanol–water partition coefficient (Wildman–Crippen LogP) is 4.27. The number of hydrogen-bond acceptors (Lipinski definition) is 3. The maximum absolute atomic E-state index is 13.1. The Morgan fingerprint density at radius 3 is 1.83 bits per heavy atom. The molecule has 0 saturated carbocycles. The summed E-state index contributed by atoms with van der Waals surface area (Å²) < 4.78 is 0. The predicted molar refractivity (Wildman–Crippen MR) is 111 cm³/mol. The van der Waals surface area contributed by atoms with Gasteiger partial charge in [-0.2, -0.15) is 0 Å². The highest BCUT2D eigenvalue weighted by atomic mass is 16.2. The number of urea groups is 1. The molecule has 1 aliphatic heterocycles. The lowest BCUT2D eigenvalue weighted by Crippen LogP contribution is -2.56.